The second-order valence-electron chi connectivity index (χ2n) is 6.80. The quantitative estimate of drug-likeness (QED) is 0.740. The van der Waals surface area contributed by atoms with Gasteiger partial charge in [0.05, 0.1) is 6.04 Å². The Hall–Kier alpha value is -3.10. The molecule has 1 saturated carbocycles. The zero-order valence-corrected chi connectivity index (χ0v) is 14.5. The number of halogens is 3. The number of amides is 1. The molecule has 0 unspecified atom stereocenters. The highest BCUT2D eigenvalue weighted by Gasteiger charge is 2.32. The van der Waals surface area contributed by atoms with Crippen LogP contribution in [0.2, 0.25) is 0 Å². The molecular weight excluding hydrogens is 375 g/mol. The molecule has 0 saturated heterocycles. The van der Waals surface area contributed by atoms with E-state index in [1.807, 2.05) is 6.08 Å². The summed E-state index contributed by atoms with van der Waals surface area (Å²) in [5.74, 6) is -0.157. The first-order valence-electron chi connectivity index (χ1n) is 8.75. The molecule has 1 aromatic carbocycles. The smallest absolute Gasteiger partial charge is 0.406 e. The van der Waals surface area contributed by atoms with E-state index < -0.39 is 23.9 Å². The minimum absolute atomic E-state index is 0.0222. The average molecular weight is 391 g/mol. The van der Waals surface area contributed by atoms with E-state index >= 15 is 0 Å². The van der Waals surface area contributed by atoms with Crippen LogP contribution in [-0.2, 0) is 0 Å². The number of rotatable bonds is 6. The van der Waals surface area contributed by atoms with E-state index in [9.17, 15) is 22.8 Å². The third-order valence-corrected chi connectivity index (χ3v) is 4.49. The van der Waals surface area contributed by atoms with Gasteiger partial charge in [0.2, 0.25) is 0 Å². The predicted octanol–water partition coefficient (Wildman–Crippen LogP) is 3.35. The minimum Gasteiger partial charge on any atom is -0.406 e. The van der Waals surface area contributed by atoms with Crippen LogP contribution in [0, 0.1) is 0 Å². The lowest BCUT2D eigenvalue weighted by Crippen LogP contribution is -2.30. The van der Waals surface area contributed by atoms with Gasteiger partial charge in [-0.2, -0.15) is 0 Å². The highest BCUT2D eigenvalue weighted by molar-refractivity contribution is 5.92. The van der Waals surface area contributed by atoms with E-state index in [0.29, 0.717) is 17.8 Å². The van der Waals surface area contributed by atoms with Crippen molar-refractivity contribution in [1.82, 2.24) is 15.3 Å². The van der Waals surface area contributed by atoms with E-state index in [1.54, 1.807) is 0 Å². The summed E-state index contributed by atoms with van der Waals surface area (Å²) in [7, 11) is 0. The molecule has 1 atom stereocenters. The van der Waals surface area contributed by atoms with Crippen LogP contribution in [0.15, 0.2) is 46.8 Å². The van der Waals surface area contributed by atoms with Gasteiger partial charge < -0.3 is 15.0 Å². The number of hydrogen-bond donors (Lipinski definition) is 2. The van der Waals surface area contributed by atoms with Crippen molar-refractivity contribution in [3.8, 4) is 5.75 Å². The predicted molar refractivity (Wildman–Crippen MR) is 92.9 cm³/mol. The number of ether oxygens (including phenoxy) is 1. The van der Waals surface area contributed by atoms with Gasteiger partial charge >= 0.3 is 6.36 Å². The van der Waals surface area contributed by atoms with Crippen molar-refractivity contribution >= 4 is 5.91 Å². The molecule has 0 aliphatic heterocycles. The largest absolute Gasteiger partial charge is 0.573 e. The molecular formula is C19H16F3N3O3. The van der Waals surface area contributed by atoms with Gasteiger partial charge in [-0.3, -0.25) is 9.59 Å². The fourth-order valence-corrected chi connectivity index (χ4v) is 2.89. The molecule has 1 amide bonds. The van der Waals surface area contributed by atoms with Gasteiger partial charge in [-0.15, -0.1) is 13.2 Å². The SMILES string of the molecule is O=C(N[C@H](C1=CC1)c1ccc(OC(F)(F)F)cc1)c1cc(=O)[nH]c(C2CC2)n1. The molecule has 2 aromatic rings. The normalized spacial score (nSPS) is 16.9. The number of alkyl halides is 3. The van der Waals surface area contributed by atoms with Gasteiger partial charge in [0, 0.05) is 12.0 Å². The number of nitrogens with one attached hydrogen (secondary N) is 2. The van der Waals surface area contributed by atoms with Crippen LogP contribution in [0.4, 0.5) is 13.2 Å². The summed E-state index contributed by atoms with van der Waals surface area (Å²) < 4.78 is 40.8. The Balaban J connectivity index is 1.52. The number of nitrogens with zero attached hydrogens (tertiary/aromatic N) is 1. The lowest BCUT2D eigenvalue weighted by atomic mass is 10.0. The molecule has 6 nitrogen and oxygen atoms in total. The summed E-state index contributed by atoms with van der Waals surface area (Å²) in [6.45, 7) is 0. The molecule has 1 heterocycles. The van der Waals surface area contributed by atoms with Crippen molar-refractivity contribution in [2.24, 2.45) is 0 Å². The van der Waals surface area contributed by atoms with Crippen LogP contribution >= 0.6 is 0 Å². The van der Waals surface area contributed by atoms with Crippen molar-refractivity contribution in [3.05, 3.63) is 69.4 Å². The van der Waals surface area contributed by atoms with Crippen molar-refractivity contribution in [3.63, 3.8) is 0 Å². The van der Waals surface area contributed by atoms with E-state index in [2.05, 4.69) is 20.0 Å². The Bertz CT molecular complexity index is 992. The Morgan fingerprint density at radius 3 is 2.50 bits per heavy atom. The number of hydrogen-bond acceptors (Lipinski definition) is 4. The van der Waals surface area contributed by atoms with Gasteiger partial charge in [-0.05, 0) is 42.5 Å². The van der Waals surface area contributed by atoms with Gasteiger partial charge in [-0.1, -0.05) is 18.2 Å². The second kappa shape index (κ2) is 6.81. The standard InChI is InChI=1S/C19H16F3N3O3/c20-19(21,22)28-13-7-5-11(6-8-13)16(10-1-2-10)25-18(27)14-9-15(26)24-17(23-14)12-3-4-12/h1,5-9,12,16H,2-4H2,(H,25,27)(H,23,24,26)/t16-/m1/s1. The minimum atomic E-state index is -4.76. The molecule has 28 heavy (non-hydrogen) atoms. The first kappa shape index (κ1) is 18.3. The molecule has 0 spiro atoms. The summed E-state index contributed by atoms with van der Waals surface area (Å²) in [4.78, 5) is 31.3. The van der Waals surface area contributed by atoms with Gasteiger partial charge in [0.15, 0.2) is 0 Å². The first-order chi connectivity index (χ1) is 13.3. The Morgan fingerprint density at radius 1 is 1.25 bits per heavy atom. The van der Waals surface area contributed by atoms with Crippen molar-refractivity contribution in [2.45, 2.75) is 37.6 Å². The van der Waals surface area contributed by atoms with Gasteiger partial charge in [0.25, 0.3) is 11.5 Å². The molecule has 4 rings (SSSR count). The summed E-state index contributed by atoms with van der Waals surface area (Å²) in [6, 6.07) is 5.96. The maximum atomic E-state index is 12.6. The molecule has 0 radical (unpaired) electrons. The number of carbonyl (C=O) groups excluding carboxylic acids is 1. The summed E-state index contributed by atoms with van der Waals surface area (Å²) >= 11 is 0. The summed E-state index contributed by atoms with van der Waals surface area (Å²) in [6.07, 6.45) is -0.307. The fraction of sp³-hybridized carbons (Fsp3) is 0.316. The van der Waals surface area contributed by atoms with Crippen LogP contribution in [0.5, 0.6) is 5.75 Å². The van der Waals surface area contributed by atoms with Crippen LogP contribution in [0.3, 0.4) is 0 Å². The Kier molecular flexibility index (Phi) is 4.44. The molecule has 2 N–H and O–H groups in total. The number of aromatic nitrogens is 2. The first-order valence-corrected chi connectivity index (χ1v) is 8.75. The maximum absolute atomic E-state index is 12.6. The highest BCUT2D eigenvalue weighted by atomic mass is 19.4. The van der Waals surface area contributed by atoms with Crippen LogP contribution in [0.25, 0.3) is 0 Å². The number of allylic oxidation sites excluding steroid dienone is 1. The monoisotopic (exact) mass is 391 g/mol. The van der Waals surface area contributed by atoms with E-state index in [4.69, 9.17) is 0 Å². The van der Waals surface area contributed by atoms with Gasteiger partial charge in [-0.25, -0.2) is 4.98 Å². The third-order valence-electron chi connectivity index (χ3n) is 4.49. The Labute approximate surface area is 157 Å². The average Bonchev–Trinajstić information content (AvgIpc) is 3.52. The fourth-order valence-electron chi connectivity index (χ4n) is 2.89. The number of carbonyl (C=O) groups is 1. The van der Waals surface area contributed by atoms with Crippen LogP contribution in [-0.4, -0.2) is 22.2 Å². The summed E-state index contributed by atoms with van der Waals surface area (Å²) in [5, 5.41) is 2.81. The molecule has 2 aliphatic rings. The number of H-pyrrole nitrogens is 1. The topological polar surface area (TPSA) is 84.1 Å². The lowest BCUT2D eigenvalue weighted by Gasteiger charge is -2.18. The second-order valence-corrected chi connectivity index (χ2v) is 6.80. The molecule has 0 bridgehead atoms. The molecule has 2 aliphatic carbocycles. The summed E-state index contributed by atoms with van der Waals surface area (Å²) in [5.41, 5.74) is 1.18. The van der Waals surface area contributed by atoms with Crippen molar-refractivity contribution in [1.29, 1.82) is 0 Å². The van der Waals surface area contributed by atoms with Gasteiger partial charge in [0.1, 0.15) is 17.3 Å². The lowest BCUT2D eigenvalue weighted by molar-refractivity contribution is -0.274. The van der Waals surface area contributed by atoms with E-state index in [-0.39, 0.29) is 17.4 Å². The molecule has 1 fully saturated rings. The zero-order valence-electron chi connectivity index (χ0n) is 14.5. The Morgan fingerprint density at radius 2 is 1.93 bits per heavy atom. The molecule has 1 aromatic heterocycles. The zero-order chi connectivity index (χ0) is 19.9. The van der Waals surface area contributed by atoms with E-state index in [0.717, 1.165) is 24.5 Å². The van der Waals surface area contributed by atoms with Crippen molar-refractivity contribution in [2.75, 3.05) is 0 Å². The van der Waals surface area contributed by atoms with Crippen LogP contribution in [0.1, 0.15) is 53.1 Å². The van der Waals surface area contributed by atoms with Crippen molar-refractivity contribution < 1.29 is 22.7 Å². The number of aromatic amines is 1. The number of benzene rings is 1. The molecule has 146 valence electrons. The maximum Gasteiger partial charge on any atom is 0.573 e. The third kappa shape index (κ3) is 4.41. The van der Waals surface area contributed by atoms with Crippen LogP contribution < -0.4 is 15.6 Å². The van der Waals surface area contributed by atoms with E-state index in [1.165, 1.54) is 24.3 Å². The molecule has 9 heteroatoms. The highest BCUT2D eigenvalue weighted by Crippen LogP contribution is 2.38.